The van der Waals surface area contributed by atoms with Crippen molar-refractivity contribution in [3.63, 3.8) is 0 Å². The molecule has 1 aromatic carbocycles. The maximum Gasteiger partial charge on any atom is 0.127 e. The predicted molar refractivity (Wildman–Crippen MR) is 97.8 cm³/mol. The second-order valence-electron chi connectivity index (χ2n) is 7.43. The number of rotatable bonds is 5. The van der Waals surface area contributed by atoms with Crippen LogP contribution in [0.3, 0.4) is 0 Å². The average Bonchev–Trinajstić information content (AvgIpc) is 2.62. The van der Waals surface area contributed by atoms with E-state index in [1.54, 1.807) is 14.2 Å². The Bertz CT molecular complexity index is 526. The van der Waals surface area contributed by atoms with Crippen LogP contribution in [-0.2, 0) is 6.54 Å². The third kappa shape index (κ3) is 4.22. The second-order valence-corrected chi connectivity index (χ2v) is 7.43. The van der Waals surface area contributed by atoms with Crippen LogP contribution in [0.15, 0.2) is 18.2 Å². The van der Waals surface area contributed by atoms with Crippen molar-refractivity contribution in [2.45, 2.75) is 45.2 Å². The number of piperidine rings is 2. The summed E-state index contributed by atoms with van der Waals surface area (Å²) in [5.74, 6) is 2.66. The Kier molecular flexibility index (Phi) is 6.01. The average molecular weight is 332 g/mol. The van der Waals surface area contributed by atoms with E-state index in [0.717, 1.165) is 30.0 Å². The first-order valence-corrected chi connectivity index (χ1v) is 9.37. The molecule has 134 valence electrons. The van der Waals surface area contributed by atoms with Crippen LogP contribution in [-0.4, -0.2) is 56.2 Å². The van der Waals surface area contributed by atoms with Crippen LogP contribution >= 0.6 is 0 Å². The van der Waals surface area contributed by atoms with E-state index in [1.807, 2.05) is 12.1 Å². The Morgan fingerprint density at radius 2 is 1.83 bits per heavy atom. The van der Waals surface area contributed by atoms with Gasteiger partial charge in [-0.05, 0) is 57.3 Å². The van der Waals surface area contributed by atoms with Crippen LogP contribution in [0, 0.1) is 5.92 Å². The molecule has 1 atom stereocenters. The van der Waals surface area contributed by atoms with Crippen molar-refractivity contribution >= 4 is 0 Å². The number of nitrogens with zero attached hydrogens (tertiary/aromatic N) is 2. The number of ether oxygens (including phenoxy) is 2. The van der Waals surface area contributed by atoms with Crippen molar-refractivity contribution < 1.29 is 9.47 Å². The van der Waals surface area contributed by atoms with Crippen molar-refractivity contribution in [3.05, 3.63) is 23.8 Å². The highest BCUT2D eigenvalue weighted by Crippen LogP contribution is 2.28. The quantitative estimate of drug-likeness (QED) is 0.825. The fraction of sp³-hybridized carbons (Fsp3) is 0.700. The molecule has 0 N–H and O–H groups in total. The van der Waals surface area contributed by atoms with Gasteiger partial charge in [0.25, 0.3) is 0 Å². The normalized spacial score (nSPS) is 24.0. The molecule has 2 aliphatic heterocycles. The third-order valence-corrected chi connectivity index (χ3v) is 5.65. The van der Waals surface area contributed by atoms with Crippen molar-refractivity contribution in [2.75, 3.05) is 40.4 Å². The van der Waals surface area contributed by atoms with Gasteiger partial charge in [-0.2, -0.15) is 0 Å². The summed E-state index contributed by atoms with van der Waals surface area (Å²) < 4.78 is 10.8. The fourth-order valence-corrected chi connectivity index (χ4v) is 4.22. The van der Waals surface area contributed by atoms with Crippen LogP contribution in [0.2, 0.25) is 0 Å². The van der Waals surface area contributed by atoms with Gasteiger partial charge in [-0.25, -0.2) is 0 Å². The number of likely N-dealkylation sites (tertiary alicyclic amines) is 2. The molecule has 24 heavy (non-hydrogen) atoms. The smallest absolute Gasteiger partial charge is 0.127 e. The zero-order valence-corrected chi connectivity index (χ0v) is 15.5. The summed E-state index contributed by atoms with van der Waals surface area (Å²) in [7, 11) is 3.43. The predicted octanol–water partition coefficient (Wildman–Crippen LogP) is 3.40. The van der Waals surface area contributed by atoms with E-state index in [4.69, 9.17) is 9.47 Å². The van der Waals surface area contributed by atoms with Crippen LogP contribution in [0.4, 0.5) is 0 Å². The minimum Gasteiger partial charge on any atom is -0.497 e. The molecule has 0 unspecified atom stereocenters. The van der Waals surface area contributed by atoms with Crippen molar-refractivity contribution in [2.24, 2.45) is 5.92 Å². The molecule has 0 radical (unpaired) electrons. The van der Waals surface area contributed by atoms with E-state index in [1.165, 1.54) is 57.4 Å². The van der Waals surface area contributed by atoms with Crippen LogP contribution in [0.1, 0.15) is 38.2 Å². The minimum atomic E-state index is 0.793. The van der Waals surface area contributed by atoms with Gasteiger partial charge in [-0.3, -0.25) is 4.90 Å². The lowest BCUT2D eigenvalue weighted by molar-refractivity contribution is 0.0726. The lowest BCUT2D eigenvalue weighted by Gasteiger charge is -2.41. The van der Waals surface area contributed by atoms with E-state index in [-0.39, 0.29) is 0 Å². The van der Waals surface area contributed by atoms with Crippen LogP contribution < -0.4 is 9.47 Å². The minimum absolute atomic E-state index is 0.793. The Balaban J connectivity index is 1.54. The summed E-state index contributed by atoms with van der Waals surface area (Å²) in [5.41, 5.74) is 1.25. The first-order valence-electron chi connectivity index (χ1n) is 9.37. The molecule has 2 aliphatic rings. The van der Waals surface area contributed by atoms with Gasteiger partial charge in [-0.1, -0.05) is 13.0 Å². The van der Waals surface area contributed by atoms with Crippen LogP contribution in [0.5, 0.6) is 11.5 Å². The summed E-state index contributed by atoms with van der Waals surface area (Å²) in [6, 6.07) is 6.94. The summed E-state index contributed by atoms with van der Waals surface area (Å²) in [5, 5.41) is 0. The van der Waals surface area contributed by atoms with E-state index in [9.17, 15) is 0 Å². The molecule has 0 aromatic heterocycles. The number of hydrogen-bond acceptors (Lipinski definition) is 4. The van der Waals surface area contributed by atoms with E-state index in [0.29, 0.717) is 0 Å². The molecule has 1 aromatic rings. The molecule has 0 spiro atoms. The zero-order valence-electron chi connectivity index (χ0n) is 15.5. The Labute approximate surface area is 146 Å². The van der Waals surface area contributed by atoms with Gasteiger partial charge < -0.3 is 14.4 Å². The lowest BCUT2D eigenvalue weighted by atomic mass is 9.95. The Morgan fingerprint density at radius 1 is 1.04 bits per heavy atom. The topological polar surface area (TPSA) is 24.9 Å². The van der Waals surface area contributed by atoms with Gasteiger partial charge in [0.15, 0.2) is 0 Å². The molecule has 3 rings (SSSR count). The number of methoxy groups -OCH3 is 2. The van der Waals surface area contributed by atoms with Crippen molar-refractivity contribution in [1.82, 2.24) is 9.80 Å². The summed E-state index contributed by atoms with van der Waals surface area (Å²) in [6.07, 6.45) is 5.38. The van der Waals surface area contributed by atoms with Gasteiger partial charge in [0.2, 0.25) is 0 Å². The van der Waals surface area contributed by atoms with Crippen LogP contribution in [0.25, 0.3) is 0 Å². The van der Waals surface area contributed by atoms with Gasteiger partial charge in [0.05, 0.1) is 14.2 Å². The largest absolute Gasteiger partial charge is 0.497 e. The summed E-state index contributed by atoms with van der Waals surface area (Å²) in [4.78, 5) is 5.31. The monoisotopic (exact) mass is 332 g/mol. The first kappa shape index (κ1) is 17.6. The van der Waals surface area contributed by atoms with Gasteiger partial charge in [-0.15, -0.1) is 0 Å². The molecule has 0 aliphatic carbocycles. The van der Waals surface area contributed by atoms with Gasteiger partial charge >= 0.3 is 0 Å². The summed E-state index contributed by atoms with van der Waals surface area (Å²) in [6.45, 7) is 8.35. The number of hydrogen-bond donors (Lipinski definition) is 0. The van der Waals surface area contributed by atoms with Gasteiger partial charge in [0, 0.05) is 30.8 Å². The second kappa shape index (κ2) is 8.21. The zero-order chi connectivity index (χ0) is 16.9. The van der Waals surface area contributed by atoms with Gasteiger partial charge in [0.1, 0.15) is 11.5 Å². The molecule has 0 bridgehead atoms. The van der Waals surface area contributed by atoms with E-state index < -0.39 is 0 Å². The standard InChI is InChI=1S/C20H32N2O2/c1-16-5-4-10-22(14-16)18-8-11-21(12-9-18)15-17-6-7-19(23-2)13-20(17)24-3/h6-7,13,16,18H,4-5,8-12,14-15H2,1-3H3/t16-/m0/s1. The Hall–Kier alpha value is -1.26. The summed E-state index contributed by atoms with van der Waals surface area (Å²) >= 11 is 0. The highest BCUT2D eigenvalue weighted by Gasteiger charge is 2.27. The van der Waals surface area contributed by atoms with E-state index in [2.05, 4.69) is 22.8 Å². The highest BCUT2D eigenvalue weighted by atomic mass is 16.5. The maximum absolute atomic E-state index is 5.54. The number of benzene rings is 1. The molecule has 0 amide bonds. The fourth-order valence-electron chi connectivity index (χ4n) is 4.22. The maximum atomic E-state index is 5.54. The SMILES string of the molecule is COc1ccc(CN2CCC(N3CCC[C@H](C)C3)CC2)c(OC)c1. The first-order chi connectivity index (χ1) is 11.7. The molecular formula is C20H32N2O2. The molecule has 2 fully saturated rings. The van der Waals surface area contributed by atoms with Crippen molar-refractivity contribution in [1.29, 1.82) is 0 Å². The lowest BCUT2D eigenvalue weighted by Crippen LogP contribution is -2.47. The molecule has 0 saturated carbocycles. The van der Waals surface area contributed by atoms with Crippen molar-refractivity contribution in [3.8, 4) is 11.5 Å². The van der Waals surface area contributed by atoms with E-state index >= 15 is 0 Å². The Morgan fingerprint density at radius 3 is 2.50 bits per heavy atom. The molecule has 2 heterocycles. The molecular weight excluding hydrogens is 300 g/mol. The third-order valence-electron chi connectivity index (χ3n) is 5.65. The highest BCUT2D eigenvalue weighted by molar-refractivity contribution is 5.40. The molecule has 4 heteroatoms. The molecule has 4 nitrogen and oxygen atoms in total. The molecule has 2 saturated heterocycles.